The summed E-state index contributed by atoms with van der Waals surface area (Å²) < 4.78 is 6.27. The molecule has 0 amide bonds. The molecule has 1 heterocycles. The average Bonchev–Trinajstić information content (AvgIpc) is 2.43. The molecule has 1 N–H and O–H groups in total. The van der Waals surface area contributed by atoms with E-state index < -0.39 is 0 Å². The van der Waals surface area contributed by atoms with Crippen molar-refractivity contribution >= 4 is 0 Å². The van der Waals surface area contributed by atoms with Crippen LogP contribution in [0.2, 0.25) is 0 Å². The minimum atomic E-state index is 0.304. The smallest absolute Gasteiger partial charge is 0.0685 e. The maximum atomic E-state index is 6.27. The van der Waals surface area contributed by atoms with Crippen LogP contribution in [0.4, 0.5) is 0 Å². The van der Waals surface area contributed by atoms with E-state index in [-0.39, 0.29) is 0 Å². The zero-order valence-electron chi connectivity index (χ0n) is 13.3. The highest BCUT2D eigenvalue weighted by atomic mass is 16.5. The van der Waals surface area contributed by atoms with Gasteiger partial charge in [-0.05, 0) is 75.8 Å². The molecule has 1 aliphatic heterocycles. The van der Waals surface area contributed by atoms with E-state index in [1.165, 1.54) is 77.3 Å². The van der Waals surface area contributed by atoms with Crippen molar-refractivity contribution in [2.24, 2.45) is 17.8 Å². The molecule has 3 fully saturated rings. The highest BCUT2D eigenvalue weighted by Crippen LogP contribution is 2.49. The summed E-state index contributed by atoms with van der Waals surface area (Å²) >= 11 is 0. The average molecular weight is 279 g/mol. The van der Waals surface area contributed by atoms with Crippen molar-refractivity contribution in [1.82, 2.24) is 5.32 Å². The van der Waals surface area contributed by atoms with Gasteiger partial charge >= 0.3 is 0 Å². The number of nitrogens with one attached hydrogen (secondary N) is 1. The molecule has 3 unspecified atom stereocenters. The summed E-state index contributed by atoms with van der Waals surface area (Å²) in [6, 6.07) is 0. The van der Waals surface area contributed by atoms with Gasteiger partial charge in [-0.1, -0.05) is 26.2 Å². The summed E-state index contributed by atoms with van der Waals surface area (Å²) in [5.74, 6) is 2.93. The van der Waals surface area contributed by atoms with Gasteiger partial charge in [0.25, 0.3) is 0 Å². The molecule has 0 aromatic rings. The van der Waals surface area contributed by atoms with E-state index in [1.807, 2.05) is 0 Å². The number of hydrogen-bond acceptors (Lipinski definition) is 2. The summed E-state index contributed by atoms with van der Waals surface area (Å²) in [6.07, 6.45) is 13.8. The minimum absolute atomic E-state index is 0.304. The Kier molecular flexibility index (Phi) is 5.04. The second kappa shape index (κ2) is 6.79. The first-order valence-electron chi connectivity index (χ1n) is 9.18. The largest absolute Gasteiger partial charge is 0.375 e. The number of rotatable bonds is 5. The Labute approximate surface area is 125 Å². The third-order valence-corrected chi connectivity index (χ3v) is 6.21. The van der Waals surface area contributed by atoms with Crippen LogP contribution < -0.4 is 5.32 Å². The SMILES string of the molecule is CCCNCC1CCC1C1CCOC2(CCCCC2)C1. The van der Waals surface area contributed by atoms with Crippen LogP contribution >= 0.6 is 0 Å². The van der Waals surface area contributed by atoms with Gasteiger partial charge in [0.1, 0.15) is 0 Å². The van der Waals surface area contributed by atoms with E-state index >= 15 is 0 Å². The number of ether oxygens (including phenoxy) is 1. The Balaban J connectivity index is 1.51. The molecule has 2 heteroatoms. The van der Waals surface area contributed by atoms with E-state index in [2.05, 4.69) is 12.2 Å². The minimum Gasteiger partial charge on any atom is -0.375 e. The Morgan fingerprint density at radius 3 is 2.65 bits per heavy atom. The monoisotopic (exact) mass is 279 g/mol. The van der Waals surface area contributed by atoms with Gasteiger partial charge in [0.15, 0.2) is 0 Å². The molecule has 1 saturated heterocycles. The third kappa shape index (κ3) is 3.22. The van der Waals surface area contributed by atoms with Crippen molar-refractivity contribution in [3.63, 3.8) is 0 Å². The summed E-state index contributed by atoms with van der Waals surface area (Å²) in [4.78, 5) is 0. The predicted octanol–water partition coefficient (Wildman–Crippen LogP) is 4.14. The van der Waals surface area contributed by atoms with Crippen molar-refractivity contribution in [3.8, 4) is 0 Å². The van der Waals surface area contributed by atoms with E-state index in [4.69, 9.17) is 4.74 Å². The summed E-state index contributed by atoms with van der Waals surface area (Å²) in [5.41, 5.74) is 0.304. The number of hydrogen-bond donors (Lipinski definition) is 1. The molecule has 3 rings (SSSR count). The highest BCUT2D eigenvalue weighted by molar-refractivity contribution is 4.95. The first-order chi connectivity index (χ1) is 9.83. The van der Waals surface area contributed by atoms with Gasteiger partial charge < -0.3 is 10.1 Å². The van der Waals surface area contributed by atoms with Gasteiger partial charge in [0.2, 0.25) is 0 Å². The van der Waals surface area contributed by atoms with E-state index in [0.29, 0.717) is 5.60 Å². The summed E-state index contributed by atoms with van der Waals surface area (Å²) in [7, 11) is 0. The second-order valence-electron chi connectivity index (χ2n) is 7.55. The molecule has 2 saturated carbocycles. The lowest BCUT2D eigenvalue weighted by Gasteiger charge is -2.50. The van der Waals surface area contributed by atoms with Crippen LogP contribution in [-0.2, 0) is 4.74 Å². The van der Waals surface area contributed by atoms with Crippen LogP contribution in [0.3, 0.4) is 0 Å². The van der Waals surface area contributed by atoms with Gasteiger partial charge in [-0.25, -0.2) is 0 Å². The molecule has 1 spiro atoms. The fourth-order valence-corrected chi connectivity index (χ4v) is 4.91. The Hall–Kier alpha value is -0.0800. The van der Waals surface area contributed by atoms with Gasteiger partial charge in [-0.2, -0.15) is 0 Å². The van der Waals surface area contributed by atoms with Crippen molar-refractivity contribution in [1.29, 1.82) is 0 Å². The lowest BCUT2D eigenvalue weighted by atomic mass is 9.62. The third-order valence-electron chi connectivity index (χ3n) is 6.21. The van der Waals surface area contributed by atoms with Crippen molar-refractivity contribution in [2.75, 3.05) is 19.7 Å². The Morgan fingerprint density at radius 2 is 1.95 bits per heavy atom. The summed E-state index contributed by atoms with van der Waals surface area (Å²) in [6.45, 7) is 5.76. The molecule has 2 nitrogen and oxygen atoms in total. The lowest BCUT2D eigenvalue weighted by Crippen LogP contribution is -2.47. The second-order valence-corrected chi connectivity index (χ2v) is 7.55. The Morgan fingerprint density at radius 1 is 1.10 bits per heavy atom. The van der Waals surface area contributed by atoms with Crippen LogP contribution in [0.25, 0.3) is 0 Å². The normalized spacial score (nSPS) is 36.8. The van der Waals surface area contributed by atoms with Crippen LogP contribution in [0.5, 0.6) is 0 Å². The molecule has 0 radical (unpaired) electrons. The lowest BCUT2D eigenvalue weighted by molar-refractivity contribution is -0.135. The molecule has 2 aliphatic carbocycles. The molecule has 3 atom stereocenters. The van der Waals surface area contributed by atoms with Crippen LogP contribution in [0, 0.1) is 17.8 Å². The van der Waals surface area contributed by atoms with E-state index in [1.54, 1.807) is 0 Å². The van der Waals surface area contributed by atoms with Gasteiger partial charge in [-0.3, -0.25) is 0 Å². The molecule has 0 bridgehead atoms. The zero-order chi connectivity index (χ0) is 13.8. The molecular formula is C18H33NO. The fraction of sp³-hybridized carbons (Fsp3) is 1.00. The Bertz CT molecular complexity index is 292. The van der Waals surface area contributed by atoms with Gasteiger partial charge in [0, 0.05) is 6.61 Å². The highest BCUT2D eigenvalue weighted by Gasteiger charge is 2.44. The fourth-order valence-electron chi connectivity index (χ4n) is 4.91. The zero-order valence-corrected chi connectivity index (χ0v) is 13.3. The predicted molar refractivity (Wildman–Crippen MR) is 83.9 cm³/mol. The van der Waals surface area contributed by atoms with Crippen LogP contribution in [0.1, 0.15) is 71.1 Å². The standard InChI is InChI=1S/C18H33NO/c1-2-11-19-14-16-6-7-17(16)15-8-12-20-18(13-15)9-4-3-5-10-18/h15-17,19H,2-14H2,1H3. The van der Waals surface area contributed by atoms with Crippen LogP contribution in [0.15, 0.2) is 0 Å². The molecule has 3 aliphatic rings. The first-order valence-corrected chi connectivity index (χ1v) is 9.18. The molecule has 20 heavy (non-hydrogen) atoms. The molecular weight excluding hydrogens is 246 g/mol. The molecule has 0 aromatic carbocycles. The van der Waals surface area contributed by atoms with Crippen molar-refractivity contribution in [2.45, 2.75) is 76.7 Å². The van der Waals surface area contributed by atoms with Crippen LogP contribution in [-0.4, -0.2) is 25.3 Å². The topological polar surface area (TPSA) is 21.3 Å². The van der Waals surface area contributed by atoms with E-state index in [9.17, 15) is 0 Å². The van der Waals surface area contributed by atoms with E-state index in [0.717, 1.165) is 24.4 Å². The maximum absolute atomic E-state index is 6.27. The van der Waals surface area contributed by atoms with Gasteiger partial charge in [0.05, 0.1) is 5.60 Å². The van der Waals surface area contributed by atoms with Crippen molar-refractivity contribution in [3.05, 3.63) is 0 Å². The van der Waals surface area contributed by atoms with Gasteiger partial charge in [-0.15, -0.1) is 0 Å². The first kappa shape index (κ1) is 14.8. The molecule has 0 aromatic heterocycles. The maximum Gasteiger partial charge on any atom is 0.0685 e. The summed E-state index contributed by atoms with van der Waals surface area (Å²) in [5, 5.41) is 3.65. The van der Waals surface area contributed by atoms with Crippen molar-refractivity contribution < 1.29 is 4.74 Å². The quantitative estimate of drug-likeness (QED) is 0.764. The molecule has 116 valence electrons.